The minimum absolute atomic E-state index is 0.198. The Bertz CT molecular complexity index is 1110. The molecule has 0 fully saturated rings. The molecule has 3 N–H and O–H groups in total. The molecule has 0 aliphatic heterocycles. The molecule has 126 valence electrons. The summed E-state index contributed by atoms with van der Waals surface area (Å²) >= 11 is 6.15. The van der Waals surface area contributed by atoms with Crippen LogP contribution in [0.1, 0.15) is 16.7 Å². The van der Waals surface area contributed by atoms with Gasteiger partial charge in [0.25, 0.3) is 10.0 Å². The fourth-order valence-electron chi connectivity index (χ4n) is 2.61. The zero-order valence-electron chi connectivity index (χ0n) is 13.3. The van der Waals surface area contributed by atoms with Crippen LogP contribution in [0.4, 0.5) is 5.69 Å². The number of aromatic amines is 2. The number of sulfonamides is 1. The molecule has 24 heavy (non-hydrogen) atoms. The van der Waals surface area contributed by atoms with Crippen LogP contribution in [-0.2, 0) is 10.0 Å². The summed E-state index contributed by atoms with van der Waals surface area (Å²) in [6.07, 6.45) is 0. The number of aryl methyl sites for hydroxylation is 2. The number of nitrogens with one attached hydrogen (secondary N) is 3. The Hall–Kier alpha value is -2.25. The second kappa shape index (κ2) is 5.68. The number of H-pyrrole nitrogens is 2. The Morgan fingerprint density at radius 2 is 1.62 bits per heavy atom. The zero-order chi connectivity index (χ0) is 17.6. The smallest absolute Gasteiger partial charge is 0.306 e. The summed E-state index contributed by atoms with van der Waals surface area (Å²) in [6.45, 7) is 5.47. The highest BCUT2D eigenvalue weighted by Crippen LogP contribution is 2.29. The molecule has 0 saturated heterocycles. The van der Waals surface area contributed by atoms with Gasteiger partial charge in [-0.2, -0.15) is 0 Å². The van der Waals surface area contributed by atoms with Crippen LogP contribution in [0.5, 0.6) is 0 Å². The predicted molar refractivity (Wildman–Crippen MR) is 95.4 cm³/mol. The first-order valence-electron chi connectivity index (χ1n) is 7.19. The molecule has 3 aromatic rings. The third-order valence-electron chi connectivity index (χ3n) is 3.90. The second-order valence-corrected chi connectivity index (χ2v) is 7.83. The number of hydrogen-bond acceptors (Lipinski definition) is 3. The lowest BCUT2D eigenvalue weighted by Gasteiger charge is -2.14. The van der Waals surface area contributed by atoms with Crippen LogP contribution in [-0.4, -0.2) is 18.4 Å². The van der Waals surface area contributed by atoms with Crippen molar-refractivity contribution in [1.29, 1.82) is 0 Å². The first-order valence-corrected chi connectivity index (χ1v) is 9.06. The van der Waals surface area contributed by atoms with Crippen LogP contribution in [0.15, 0.2) is 34.0 Å². The van der Waals surface area contributed by atoms with E-state index in [1.807, 2.05) is 19.9 Å². The van der Waals surface area contributed by atoms with Crippen LogP contribution < -0.4 is 10.4 Å². The average Bonchev–Trinajstić information content (AvgIpc) is 2.81. The van der Waals surface area contributed by atoms with Gasteiger partial charge in [-0.15, -0.1) is 0 Å². The van der Waals surface area contributed by atoms with Gasteiger partial charge >= 0.3 is 5.69 Å². The summed E-state index contributed by atoms with van der Waals surface area (Å²) in [7, 11) is -3.81. The first kappa shape index (κ1) is 16.6. The molecule has 0 unspecified atom stereocenters. The quantitative estimate of drug-likeness (QED) is 0.665. The average molecular weight is 366 g/mol. The normalized spacial score (nSPS) is 11.8. The number of imidazole rings is 1. The minimum atomic E-state index is -3.81. The molecule has 3 rings (SSSR count). The summed E-state index contributed by atoms with van der Waals surface area (Å²) < 4.78 is 28.0. The van der Waals surface area contributed by atoms with Gasteiger partial charge in [-0.1, -0.05) is 17.7 Å². The van der Waals surface area contributed by atoms with Gasteiger partial charge in [-0.3, -0.25) is 4.72 Å². The highest BCUT2D eigenvalue weighted by molar-refractivity contribution is 7.92. The molecule has 0 aliphatic carbocycles. The van der Waals surface area contributed by atoms with Gasteiger partial charge in [0.05, 0.1) is 26.6 Å². The molecule has 1 heterocycles. The summed E-state index contributed by atoms with van der Waals surface area (Å²) in [4.78, 5) is 16.7. The standard InChI is InChI=1S/C16H16ClN3O3S/c1-8-4-9(2)10(3)15(5-8)24(22,23)20-12-7-14-13(6-11(12)17)18-16(21)19-14/h4-7,20H,1-3H3,(H2,18,19,21). The van der Waals surface area contributed by atoms with E-state index in [1.165, 1.54) is 12.1 Å². The Kier molecular flexibility index (Phi) is 3.93. The van der Waals surface area contributed by atoms with Crippen molar-refractivity contribution in [3.8, 4) is 0 Å². The molecular formula is C16H16ClN3O3S. The Labute approximate surface area is 143 Å². The predicted octanol–water partition coefficient (Wildman–Crippen LogP) is 3.24. The van der Waals surface area contributed by atoms with Crippen molar-refractivity contribution >= 4 is 38.3 Å². The molecule has 0 spiro atoms. The maximum Gasteiger partial charge on any atom is 0.323 e. The number of anilines is 1. The Balaban J connectivity index is 2.10. The topological polar surface area (TPSA) is 94.8 Å². The van der Waals surface area contributed by atoms with Gasteiger partial charge in [0.15, 0.2) is 0 Å². The van der Waals surface area contributed by atoms with Gasteiger partial charge in [0, 0.05) is 0 Å². The SMILES string of the molecule is Cc1cc(C)c(C)c(S(=O)(=O)Nc2cc3[nH]c(=O)[nH]c3cc2Cl)c1. The molecule has 0 aliphatic rings. The summed E-state index contributed by atoms with van der Waals surface area (Å²) in [6, 6.07) is 6.54. The monoisotopic (exact) mass is 365 g/mol. The number of fused-ring (bicyclic) bond motifs is 1. The van der Waals surface area contributed by atoms with E-state index in [0.29, 0.717) is 16.6 Å². The van der Waals surface area contributed by atoms with Crippen molar-refractivity contribution < 1.29 is 8.42 Å². The lowest BCUT2D eigenvalue weighted by molar-refractivity contribution is 0.600. The highest BCUT2D eigenvalue weighted by Gasteiger charge is 2.20. The summed E-state index contributed by atoms with van der Waals surface area (Å²) in [5, 5.41) is 0.198. The van der Waals surface area contributed by atoms with Crippen molar-refractivity contribution in [3.05, 3.63) is 56.5 Å². The number of benzene rings is 2. The van der Waals surface area contributed by atoms with Crippen LogP contribution in [0.2, 0.25) is 5.02 Å². The Morgan fingerprint density at radius 3 is 2.29 bits per heavy atom. The van der Waals surface area contributed by atoms with Crippen LogP contribution >= 0.6 is 11.6 Å². The molecule has 0 atom stereocenters. The summed E-state index contributed by atoms with van der Waals surface area (Å²) in [5.74, 6) is 0. The highest BCUT2D eigenvalue weighted by atomic mass is 35.5. The molecule has 8 heteroatoms. The van der Waals surface area contributed by atoms with Gasteiger partial charge in [-0.05, 0) is 55.7 Å². The van der Waals surface area contributed by atoms with E-state index in [-0.39, 0.29) is 21.3 Å². The maximum atomic E-state index is 12.8. The van der Waals surface area contributed by atoms with E-state index in [1.54, 1.807) is 13.0 Å². The van der Waals surface area contributed by atoms with E-state index in [9.17, 15) is 13.2 Å². The molecular weight excluding hydrogens is 350 g/mol. The van der Waals surface area contributed by atoms with Crippen LogP contribution in [0, 0.1) is 20.8 Å². The fourth-order valence-corrected chi connectivity index (χ4v) is 4.35. The van der Waals surface area contributed by atoms with Gasteiger partial charge in [0.2, 0.25) is 0 Å². The number of halogens is 1. The Morgan fingerprint density at radius 1 is 1.00 bits per heavy atom. The van der Waals surface area contributed by atoms with Gasteiger partial charge < -0.3 is 9.97 Å². The van der Waals surface area contributed by atoms with Gasteiger partial charge in [0.1, 0.15) is 0 Å². The molecule has 0 bridgehead atoms. The molecule has 0 radical (unpaired) electrons. The van der Waals surface area contributed by atoms with E-state index < -0.39 is 10.0 Å². The van der Waals surface area contributed by atoms with E-state index in [0.717, 1.165) is 11.1 Å². The lowest BCUT2D eigenvalue weighted by Crippen LogP contribution is -2.15. The molecule has 6 nitrogen and oxygen atoms in total. The first-order chi connectivity index (χ1) is 11.2. The third-order valence-corrected chi connectivity index (χ3v) is 5.71. The third kappa shape index (κ3) is 2.92. The van der Waals surface area contributed by atoms with Crippen molar-refractivity contribution in [2.45, 2.75) is 25.7 Å². The largest absolute Gasteiger partial charge is 0.323 e. The van der Waals surface area contributed by atoms with E-state index in [2.05, 4.69) is 14.7 Å². The van der Waals surface area contributed by atoms with Crippen molar-refractivity contribution in [1.82, 2.24) is 9.97 Å². The van der Waals surface area contributed by atoms with Crippen molar-refractivity contribution in [2.75, 3.05) is 4.72 Å². The molecule has 2 aromatic carbocycles. The number of rotatable bonds is 3. The van der Waals surface area contributed by atoms with Crippen LogP contribution in [0.25, 0.3) is 11.0 Å². The number of hydrogen-bond donors (Lipinski definition) is 3. The zero-order valence-corrected chi connectivity index (χ0v) is 14.9. The second-order valence-electron chi connectivity index (χ2n) is 5.77. The van der Waals surface area contributed by atoms with Crippen molar-refractivity contribution in [3.63, 3.8) is 0 Å². The molecule has 0 saturated carbocycles. The minimum Gasteiger partial charge on any atom is -0.306 e. The van der Waals surface area contributed by atoms with E-state index in [4.69, 9.17) is 11.6 Å². The maximum absolute atomic E-state index is 12.8. The molecule has 0 amide bonds. The van der Waals surface area contributed by atoms with Crippen molar-refractivity contribution in [2.24, 2.45) is 0 Å². The summed E-state index contributed by atoms with van der Waals surface area (Å²) in [5.41, 5.74) is 3.24. The molecule has 1 aromatic heterocycles. The van der Waals surface area contributed by atoms with E-state index >= 15 is 0 Å². The lowest BCUT2D eigenvalue weighted by atomic mass is 10.1. The fraction of sp³-hybridized carbons (Fsp3) is 0.188. The van der Waals surface area contributed by atoms with Gasteiger partial charge in [-0.25, -0.2) is 13.2 Å². The van der Waals surface area contributed by atoms with Crippen LogP contribution in [0.3, 0.4) is 0 Å². The number of aromatic nitrogens is 2.